The number of aromatic nitrogens is 4. The Labute approximate surface area is 396 Å². The minimum Gasteiger partial charge on any atom is -0.458 e. The predicted octanol–water partition coefficient (Wildman–Crippen LogP) is 15.0. The third-order valence-corrected chi connectivity index (χ3v) is 13.2. The molecule has 5 nitrogen and oxygen atoms in total. The Morgan fingerprint density at radius 3 is 2.11 bits per heavy atom. The van der Waals surface area contributed by atoms with Crippen LogP contribution in [-0.2, 0) is 16.2 Å². The van der Waals surface area contributed by atoms with E-state index in [0.29, 0.717) is 40.2 Å². The van der Waals surface area contributed by atoms with Crippen molar-refractivity contribution in [1.82, 2.24) is 14.1 Å². The second-order valence-corrected chi connectivity index (χ2v) is 19.4. The summed E-state index contributed by atoms with van der Waals surface area (Å²) in [5.41, 5.74) is 5.89. The van der Waals surface area contributed by atoms with E-state index < -0.39 is 71.3 Å². The summed E-state index contributed by atoms with van der Waals surface area (Å²) in [6.07, 6.45) is 6.86. The second kappa shape index (κ2) is 15.2. The van der Waals surface area contributed by atoms with E-state index >= 15 is 0 Å². The lowest BCUT2D eigenvalue weighted by molar-refractivity contribution is -0.571. The van der Waals surface area contributed by atoms with Crippen LogP contribution in [0.4, 0.5) is 0 Å². The van der Waals surface area contributed by atoms with Crippen molar-refractivity contribution in [3.63, 3.8) is 0 Å². The standard InChI is InChI=1S/C60H54N4O/c1-58(2,3)42-31-34-61-54(35-42)64-50-26-15-14-25-46(50)47-30-29-45(37-53(47)64)65-44-24-18-23-43(36-44)62-39-63(52-28-17-16-27-51(52)62)57-48(40-19-10-8-11-20-40)38-49-56(55(57)41-21-12-9-13-22-41)60(6,7)33-32-59(49,4)5/h8-31,34-38H,32-33H2,1-7H3/i8D,9D,10D,11D,12D,13D,19D,20D,21D,22D. The first-order valence-electron chi connectivity index (χ1n) is 27.1. The minimum absolute atomic E-state index is 0.0610. The normalized spacial score (nSPS) is 16.7. The van der Waals surface area contributed by atoms with Gasteiger partial charge in [0, 0.05) is 23.0 Å². The predicted molar refractivity (Wildman–Crippen MR) is 267 cm³/mol. The zero-order chi connectivity index (χ0) is 53.4. The van der Waals surface area contributed by atoms with Crippen molar-refractivity contribution in [3.05, 3.63) is 199 Å². The molecule has 0 amide bonds. The highest BCUT2D eigenvalue weighted by Crippen LogP contribution is 2.53. The minimum atomic E-state index is -0.634. The van der Waals surface area contributed by atoms with Gasteiger partial charge in [-0.25, -0.2) is 4.98 Å². The summed E-state index contributed by atoms with van der Waals surface area (Å²) in [7, 11) is 0. The van der Waals surface area contributed by atoms with Gasteiger partial charge in [-0.15, -0.1) is 0 Å². The summed E-state index contributed by atoms with van der Waals surface area (Å²) in [5, 5.41) is 2.13. The number of ether oxygens (including phenoxy) is 1. The lowest BCUT2D eigenvalue weighted by Gasteiger charge is -2.44. The Bertz CT molecular complexity index is 4000. The van der Waals surface area contributed by atoms with Gasteiger partial charge in [0.2, 0.25) is 0 Å². The first kappa shape index (κ1) is 30.8. The van der Waals surface area contributed by atoms with Crippen molar-refractivity contribution in [1.29, 1.82) is 0 Å². The average molecular weight is 857 g/mol. The highest BCUT2D eigenvalue weighted by atomic mass is 16.5. The summed E-state index contributed by atoms with van der Waals surface area (Å²) in [6, 6.07) is 30.6. The number of pyridine rings is 1. The van der Waals surface area contributed by atoms with Gasteiger partial charge in [-0.2, -0.15) is 0 Å². The molecule has 1 aliphatic rings. The summed E-state index contributed by atoms with van der Waals surface area (Å²) >= 11 is 0. The van der Waals surface area contributed by atoms with E-state index in [-0.39, 0.29) is 27.8 Å². The Balaban J connectivity index is 1.16. The zero-order valence-electron chi connectivity index (χ0n) is 47.6. The topological polar surface area (TPSA) is 35.9 Å². The van der Waals surface area contributed by atoms with Gasteiger partial charge in [-0.05, 0) is 117 Å². The number of imidazole rings is 1. The molecule has 0 unspecified atom stereocenters. The van der Waals surface area contributed by atoms with Crippen LogP contribution in [0.15, 0.2) is 176 Å². The zero-order valence-corrected chi connectivity index (χ0v) is 37.6. The molecule has 320 valence electrons. The number of hydrogen-bond donors (Lipinski definition) is 0. The van der Waals surface area contributed by atoms with E-state index in [4.69, 9.17) is 17.9 Å². The van der Waals surface area contributed by atoms with Gasteiger partial charge in [-0.3, -0.25) is 13.7 Å². The van der Waals surface area contributed by atoms with E-state index in [0.717, 1.165) is 50.7 Å². The molecule has 10 aromatic rings. The molecule has 1 aliphatic carbocycles. The van der Waals surface area contributed by atoms with Crippen LogP contribution in [0, 0.1) is 6.33 Å². The quantitative estimate of drug-likeness (QED) is 0.118. The maximum Gasteiger partial charge on any atom is 0.269 e. The van der Waals surface area contributed by atoms with Crippen molar-refractivity contribution in [2.24, 2.45) is 0 Å². The lowest BCUT2D eigenvalue weighted by atomic mass is 9.60. The van der Waals surface area contributed by atoms with Crippen LogP contribution in [0.25, 0.3) is 72.3 Å². The average Bonchev–Trinajstić information content (AvgIpc) is 3.93. The Hall–Kier alpha value is -7.24. The smallest absolute Gasteiger partial charge is 0.269 e. The Kier molecular flexibility index (Phi) is 7.20. The van der Waals surface area contributed by atoms with Crippen LogP contribution in [0.3, 0.4) is 0 Å². The van der Waals surface area contributed by atoms with Gasteiger partial charge in [0.05, 0.1) is 47.1 Å². The second-order valence-electron chi connectivity index (χ2n) is 19.4. The van der Waals surface area contributed by atoms with E-state index in [9.17, 15) is 5.48 Å². The van der Waals surface area contributed by atoms with Gasteiger partial charge >= 0.3 is 0 Å². The molecule has 3 aromatic heterocycles. The number of para-hydroxylation sites is 3. The molecule has 0 spiro atoms. The number of hydrogen-bond acceptors (Lipinski definition) is 2. The van der Waals surface area contributed by atoms with Crippen LogP contribution in [-0.4, -0.2) is 14.1 Å². The van der Waals surface area contributed by atoms with Crippen molar-refractivity contribution >= 4 is 32.8 Å². The lowest BCUT2D eigenvalue weighted by Crippen LogP contribution is -2.38. The highest BCUT2D eigenvalue weighted by Gasteiger charge is 2.41. The number of benzene rings is 7. The monoisotopic (exact) mass is 856 g/mol. The van der Waals surface area contributed by atoms with E-state index in [1.807, 2.05) is 89.6 Å². The molecule has 0 atom stereocenters. The van der Waals surface area contributed by atoms with Crippen LogP contribution in [0.1, 0.15) is 91.7 Å². The first-order chi connectivity index (χ1) is 35.5. The SMILES string of the molecule is [2H]c1c([2H])c([2H])c(-c2cc3c(c(-c4c([2H])c([2H])c([2H])c([2H])c4[2H])c2-[n+]2[c-]n(-c4cccc(Oc5ccc6c7ccccc7n(-c7cc(C(C)(C)C)ccn7)c6c5)c4)c4ccccc42)C(C)(C)CCC3(C)C)c([2H])c1[2H]. The van der Waals surface area contributed by atoms with Gasteiger partial charge in [0.1, 0.15) is 17.3 Å². The van der Waals surface area contributed by atoms with Crippen LogP contribution < -0.4 is 9.30 Å². The molecular formula is C60H54N4O. The Morgan fingerprint density at radius 2 is 1.34 bits per heavy atom. The van der Waals surface area contributed by atoms with Crippen LogP contribution >= 0.6 is 0 Å². The molecule has 7 aromatic carbocycles. The number of fused-ring (bicyclic) bond motifs is 5. The van der Waals surface area contributed by atoms with E-state index in [2.05, 4.69) is 89.7 Å². The summed E-state index contributed by atoms with van der Waals surface area (Å²) in [5.74, 6) is 1.92. The molecule has 65 heavy (non-hydrogen) atoms. The van der Waals surface area contributed by atoms with Crippen molar-refractivity contribution < 1.29 is 23.0 Å². The van der Waals surface area contributed by atoms with Gasteiger partial charge in [0.25, 0.3) is 6.33 Å². The van der Waals surface area contributed by atoms with E-state index in [1.54, 1.807) is 4.57 Å². The molecule has 0 saturated carbocycles. The molecule has 0 fully saturated rings. The molecule has 0 radical (unpaired) electrons. The van der Waals surface area contributed by atoms with Gasteiger partial charge in [0.15, 0.2) is 0 Å². The third-order valence-electron chi connectivity index (χ3n) is 13.2. The van der Waals surface area contributed by atoms with Crippen LogP contribution in [0.2, 0.25) is 0 Å². The van der Waals surface area contributed by atoms with E-state index in [1.165, 1.54) is 0 Å². The van der Waals surface area contributed by atoms with Crippen molar-refractivity contribution in [3.8, 4) is 50.9 Å². The number of nitrogens with zero attached hydrogens (tertiary/aromatic N) is 4. The third kappa shape index (κ3) is 6.93. The molecule has 0 bridgehead atoms. The largest absolute Gasteiger partial charge is 0.458 e. The summed E-state index contributed by atoms with van der Waals surface area (Å²) < 4.78 is 103. The van der Waals surface area contributed by atoms with Gasteiger partial charge in [-0.1, -0.05) is 163 Å². The maximum absolute atomic E-state index is 9.54. The van der Waals surface area contributed by atoms with Crippen molar-refractivity contribution in [2.75, 3.05) is 0 Å². The fourth-order valence-corrected chi connectivity index (χ4v) is 9.73. The molecule has 3 heterocycles. The van der Waals surface area contributed by atoms with Crippen LogP contribution in [0.5, 0.6) is 11.5 Å². The number of rotatable bonds is 7. The first-order valence-corrected chi connectivity index (χ1v) is 22.1. The molecule has 0 saturated heterocycles. The molecular weight excluding hydrogens is 793 g/mol. The molecule has 0 aliphatic heterocycles. The van der Waals surface area contributed by atoms with Crippen molar-refractivity contribution in [2.45, 2.75) is 77.6 Å². The highest BCUT2D eigenvalue weighted by molar-refractivity contribution is 6.09. The summed E-state index contributed by atoms with van der Waals surface area (Å²) in [6.45, 7) is 14.9. The Morgan fingerprint density at radius 1 is 0.662 bits per heavy atom. The maximum atomic E-state index is 9.54. The molecule has 5 heteroatoms. The summed E-state index contributed by atoms with van der Waals surface area (Å²) in [4.78, 5) is 4.85. The molecule has 11 rings (SSSR count). The van der Waals surface area contributed by atoms with Gasteiger partial charge < -0.3 is 4.74 Å². The fourth-order valence-electron chi connectivity index (χ4n) is 9.73. The fraction of sp³-hybridized carbons (Fsp3) is 0.200. The molecule has 0 N–H and O–H groups in total.